The van der Waals surface area contributed by atoms with Gasteiger partial charge >= 0.3 is 0 Å². The van der Waals surface area contributed by atoms with Crippen LogP contribution in [-0.4, -0.2) is 21.2 Å². The van der Waals surface area contributed by atoms with Gasteiger partial charge in [0.1, 0.15) is 10.6 Å². The molecule has 1 unspecified atom stereocenters. The molecule has 2 heterocycles. The highest BCUT2D eigenvalue weighted by Crippen LogP contribution is 2.32. The van der Waals surface area contributed by atoms with Crippen LogP contribution in [0, 0.1) is 0 Å². The second kappa shape index (κ2) is 7.88. The minimum atomic E-state index is -0.287. The molecule has 0 aliphatic heterocycles. The van der Waals surface area contributed by atoms with Crippen molar-refractivity contribution in [1.29, 1.82) is 0 Å². The van der Waals surface area contributed by atoms with Gasteiger partial charge in [-0.2, -0.15) is 4.37 Å². The summed E-state index contributed by atoms with van der Waals surface area (Å²) < 4.78 is 4.34. The van der Waals surface area contributed by atoms with E-state index in [1.165, 1.54) is 6.92 Å². The third-order valence-electron chi connectivity index (χ3n) is 3.75. The van der Waals surface area contributed by atoms with Crippen molar-refractivity contribution in [3.8, 4) is 11.4 Å². The second-order valence-corrected chi connectivity index (χ2v) is 6.51. The summed E-state index contributed by atoms with van der Waals surface area (Å²) in [4.78, 5) is 29.0. The molecule has 0 aliphatic rings. The van der Waals surface area contributed by atoms with Crippen LogP contribution in [0.5, 0.6) is 0 Å². The average Bonchev–Trinajstić information content (AvgIpc) is 3.06. The fourth-order valence-electron chi connectivity index (χ4n) is 2.50. The molecule has 0 spiro atoms. The van der Waals surface area contributed by atoms with Gasteiger partial charge in [-0.3, -0.25) is 14.6 Å². The molecular weight excluding hydrogens is 348 g/mol. The largest absolute Gasteiger partial charge is 0.345 e. The number of benzene rings is 1. The van der Waals surface area contributed by atoms with Gasteiger partial charge < -0.3 is 10.6 Å². The third kappa shape index (κ3) is 3.94. The Labute approximate surface area is 155 Å². The summed E-state index contributed by atoms with van der Waals surface area (Å²) in [6, 6.07) is 14.9. The first-order valence-electron chi connectivity index (χ1n) is 8.10. The van der Waals surface area contributed by atoms with E-state index in [1.54, 1.807) is 18.3 Å². The standard InChI is InChI=1S/C19H18N4O2S/c1-12(14-8-4-3-5-9-14)21-19(25)18-17(22-13(2)24)16(23-26-18)15-10-6-7-11-20-15/h3-12H,1-2H3,(H,21,25)(H,22,24). The molecule has 0 radical (unpaired) electrons. The fraction of sp³-hybridized carbons (Fsp3) is 0.158. The molecule has 0 saturated heterocycles. The number of nitrogens with zero attached hydrogens (tertiary/aromatic N) is 2. The monoisotopic (exact) mass is 366 g/mol. The molecule has 0 aliphatic carbocycles. The Kier molecular flexibility index (Phi) is 5.38. The highest BCUT2D eigenvalue weighted by molar-refractivity contribution is 7.09. The highest BCUT2D eigenvalue weighted by Gasteiger charge is 2.23. The quantitative estimate of drug-likeness (QED) is 0.722. The van der Waals surface area contributed by atoms with E-state index < -0.39 is 0 Å². The van der Waals surface area contributed by atoms with Gasteiger partial charge in [0.05, 0.1) is 17.4 Å². The van der Waals surface area contributed by atoms with Gasteiger partial charge in [0.15, 0.2) is 0 Å². The Morgan fingerprint density at radius 2 is 1.81 bits per heavy atom. The molecule has 3 aromatic rings. The lowest BCUT2D eigenvalue weighted by atomic mass is 10.1. The summed E-state index contributed by atoms with van der Waals surface area (Å²) in [5.41, 5.74) is 2.47. The smallest absolute Gasteiger partial charge is 0.265 e. The lowest BCUT2D eigenvalue weighted by Crippen LogP contribution is -2.26. The molecule has 1 aromatic carbocycles. The molecular formula is C19H18N4O2S. The first-order chi connectivity index (χ1) is 12.6. The normalized spacial score (nSPS) is 11.6. The van der Waals surface area contributed by atoms with Gasteiger partial charge in [-0.25, -0.2) is 0 Å². The van der Waals surface area contributed by atoms with E-state index in [1.807, 2.05) is 43.3 Å². The lowest BCUT2D eigenvalue weighted by molar-refractivity contribution is -0.114. The van der Waals surface area contributed by atoms with Crippen molar-refractivity contribution in [3.05, 3.63) is 65.2 Å². The lowest BCUT2D eigenvalue weighted by Gasteiger charge is -2.14. The minimum absolute atomic E-state index is 0.172. The molecule has 6 nitrogen and oxygen atoms in total. The number of anilines is 1. The van der Waals surface area contributed by atoms with E-state index in [9.17, 15) is 9.59 Å². The first-order valence-corrected chi connectivity index (χ1v) is 8.88. The molecule has 0 saturated carbocycles. The van der Waals surface area contributed by atoms with E-state index >= 15 is 0 Å². The molecule has 2 aromatic heterocycles. The maximum absolute atomic E-state index is 12.8. The van der Waals surface area contributed by atoms with Crippen molar-refractivity contribution in [2.24, 2.45) is 0 Å². The van der Waals surface area contributed by atoms with Crippen LogP contribution in [0.2, 0.25) is 0 Å². The average molecular weight is 366 g/mol. The van der Waals surface area contributed by atoms with Gasteiger partial charge in [0, 0.05) is 13.1 Å². The van der Waals surface area contributed by atoms with Gasteiger partial charge in [-0.15, -0.1) is 0 Å². The topological polar surface area (TPSA) is 84.0 Å². The zero-order chi connectivity index (χ0) is 18.5. The van der Waals surface area contributed by atoms with Gasteiger partial charge in [0.25, 0.3) is 5.91 Å². The number of nitrogens with one attached hydrogen (secondary N) is 2. The van der Waals surface area contributed by atoms with Gasteiger partial charge in [-0.1, -0.05) is 36.4 Å². The van der Waals surface area contributed by atoms with Gasteiger partial charge in [0.2, 0.25) is 5.91 Å². The molecule has 0 fully saturated rings. The zero-order valence-electron chi connectivity index (χ0n) is 14.4. The molecule has 7 heteroatoms. The molecule has 0 bridgehead atoms. The van der Waals surface area contributed by atoms with E-state index in [2.05, 4.69) is 20.0 Å². The van der Waals surface area contributed by atoms with Crippen molar-refractivity contribution in [2.45, 2.75) is 19.9 Å². The summed E-state index contributed by atoms with van der Waals surface area (Å²) >= 11 is 1.04. The zero-order valence-corrected chi connectivity index (χ0v) is 15.2. The number of aromatic nitrogens is 2. The van der Waals surface area contributed by atoms with Crippen LogP contribution in [0.1, 0.15) is 35.1 Å². The Morgan fingerprint density at radius 1 is 1.08 bits per heavy atom. The molecule has 26 heavy (non-hydrogen) atoms. The highest BCUT2D eigenvalue weighted by atomic mass is 32.1. The van der Waals surface area contributed by atoms with Crippen LogP contribution < -0.4 is 10.6 Å². The van der Waals surface area contributed by atoms with Gasteiger partial charge in [-0.05, 0) is 36.2 Å². The van der Waals surface area contributed by atoms with Crippen molar-refractivity contribution in [3.63, 3.8) is 0 Å². The van der Waals surface area contributed by atoms with Crippen molar-refractivity contribution >= 4 is 29.0 Å². The molecule has 132 valence electrons. The Balaban J connectivity index is 1.90. The number of carbonyl (C=O) groups is 2. The van der Waals surface area contributed by atoms with Crippen LogP contribution in [0.25, 0.3) is 11.4 Å². The van der Waals surface area contributed by atoms with Crippen LogP contribution >= 0.6 is 11.5 Å². The van der Waals surface area contributed by atoms with E-state index in [0.29, 0.717) is 22.0 Å². The Morgan fingerprint density at radius 3 is 2.46 bits per heavy atom. The summed E-state index contributed by atoms with van der Waals surface area (Å²) in [5, 5.41) is 5.67. The predicted molar refractivity (Wildman–Crippen MR) is 102 cm³/mol. The summed E-state index contributed by atoms with van der Waals surface area (Å²) in [6.45, 7) is 3.31. The van der Waals surface area contributed by atoms with E-state index in [0.717, 1.165) is 17.1 Å². The number of amides is 2. The van der Waals surface area contributed by atoms with Crippen molar-refractivity contribution in [1.82, 2.24) is 14.7 Å². The van der Waals surface area contributed by atoms with Crippen LogP contribution in [0.4, 0.5) is 5.69 Å². The number of carbonyl (C=O) groups excluding carboxylic acids is 2. The number of hydrogen-bond donors (Lipinski definition) is 2. The Hall–Kier alpha value is -3.06. The maximum Gasteiger partial charge on any atom is 0.265 e. The second-order valence-electron chi connectivity index (χ2n) is 5.74. The van der Waals surface area contributed by atoms with Crippen LogP contribution in [0.15, 0.2) is 54.7 Å². The van der Waals surface area contributed by atoms with Crippen LogP contribution in [0.3, 0.4) is 0 Å². The minimum Gasteiger partial charge on any atom is -0.345 e. The van der Waals surface area contributed by atoms with Crippen LogP contribution in [-0.2, 0) is 4.79 Å². The number of hydrogen-bond acceptors (Lipinski definition) is 5. The van der Waals surface area contributed by atoms with E-state index in [-0.39, 0.29) is 17.9 Å². The summed E-state index contributed by atoms with van der Waals surface area (Å²) in [7, 11) is 0. The number of pyridine rings is 1. The van der Waals surface area contributed by atoms with E-state index in [4.69, 9.17) is 0 Å². The molecule has 1 atom stereocenters. The predicted octanol–water partition coefficient (Wildman–Crippen LogP) is 3.65. The Bertz CT molecular complexity index is 910. The summed E-state index contributed by atoms with van der Waals surface area (Å²) in [5.74, 6) is -0.558. The third-order valence-corrected chi connectivity index (χ3v) is 4.60. The molecule has 2 N–H and O–H groups in total. The number of rotatable bonds is 5. The van der Waals surface area contributed by atoms with Crippen molar-refractivity contribution in [2.75, 3.05) is 5.32 Å². The van der Waals surface area contributed by atoms with Crippen molar-refractivity contribution < 1.29 is 9.59 Å². The SMILES string of the molecule is CC(=O)Nc1c(-c2ccccn2)nsc1C(=O)NC(C)c1ccccc1. The first kappa shape index (κ1) is 17.8. The molecule has 3 rings (SSSR count). The maximum atomic E-state index is 12.8. The summed E-state index contributed by atoms with van der Waals surface area (Å²) in [6.07, 6.45) is 1.64. The molecule has 2 amide bonds. The fourth-order valence-corrected chi connectivity index (χ4v) is 3.25.